The van der Waals surface area contributed by atoms with E-state index in [1.54, 1.807) is 6.21 Å². The molecule has 2 rings (SSSR count). The molecule has 74 valence electrons. The number of benzene rings is 1. The van der Waals surface area contributed by atoms with Gasteiger partial charge < -0.3 is 10.8 Å². The number of nitrogens with two attached hydrogens (primary N) is 1. The monoisotopic (exact) mass is 190 g/mol. The molecule has 0 heterocycles. The highest BCUT2D eigenvalue weighted by Gasteiger charge is 2.25. The second kappa shape index (κ2) is 3.80. The van der Waals surface area contributed by atoms with Gasteiger partial charge in [-0.15, -0.1) is 0 Å². The molecule has 0 radical (unpaired) electrons. The molecule has 14 heavy (non-hydrogen) atoms. The number of aliphatic hydroxyl groups is 1. The van der Waals surface area contributed by atoms with Crippen LogP contribution in [-0.4, -0.2) is 23.5 Å². The Balaban J connectivity index is 2.00. The van der Waals surface area contributed by atoms with E-state index in [1.807, 2.05) is 24.3 Å². The van der Waals surface area contributed by atoms with Crippen molar-refractivity contribution in [1.29, 1.82) is 0 Å². The van der Waals surface area contributed by atoms with E-state index in [9.17, 15) is 0 Å². The molecule has 1 fully saturated rings. The molecule has 0 spiro atoms. The third kappa shape index (κ3) is 1.93. The van der Waals surface area contributed by atoms with Gasteiger partial charge in [-0.3, -0.25) is 4.99 Å². The van der Waals surface area contributed by atoms with Crippen LogP contribution < -0.4 is 5.73 Å². The number of rotatable bonds is 2. The van der Waals surface area contributed by atoms with Gasteiger partial charge in [0.15, 0.2) is 0 Å². The van der Waals surface area contributed by atoms with E-state index in [0.29, 0.717) is 0 Å². The molecule has 3 N–H and O–H groups in total. The molecule has 0 atom stereocenters. The molecule has 0 aromatic heterocycles. The SMILES string of the molecule is Nc1ccccc1C=NC1CC(O)C1. The minimum Gasteiger partial charge on any atom is -0.398 e. The highest BCUT2D eigenvalue weighted by atomic mass is 16.3. The zero-order valence-electron chi connectivity index (χ0n) is 7.93. The van der Waals surface area contributed by atoms with Crippen LogP contribution in [-0.2, 0) is 0 Å². The molecule has 1 aliphatic rings. The van der Waals surface area contributed by atoms with Crippen LogP contribution in [0.15, 0.2) is 29.3 Å². The van der Waals surface area contributed by atoms with E-state index < -0.39 is 0 Å². The molecule has 0 saturated heterocycles. The highest BCUT2D eigenvalue weighted by Crippen LogP contribution is 2.23. The molecule has 0 aliphatic heterocycles. The van der Waals surface area contributed by atoms with E-state index in [-0.39, 0.29) is 12.1 Å². The maximum absolute atomic E-state index is 9.07. The van der Waals surface area contributed by atoms with Crippen molar-refractivity contribution in [3.05, 3.63) is 29.8 Å². The lowest BCUT2D eigenvalue weighted by atomic mass is 9.90. The van der Waals surface area contributed by atoms with Crippen molar-refractivity contribution in [3.8, 4) is 0 Å². The Kier molecular flexibility index (Phi) is 2.50. The van der Waals surface area contributed by atoms with Crippen LogP contribution in [0.4, 0.5) is 5.69 Å². The average molecular weight is 190 g/mol. The van der Waals surface area contributed by atoms with Crippen molar-refractivity contribution < 1.29 is 5.11 Å². The van der Waals surface area contributed by atoms with Gasteiger partial charge in [0.25, 0.3) is 0 Å². The van der Waals surface area contributed by atoms with Gasteiger partial charge in [0.05, 0.1) is 12.1 Å². The zero-order chi connectivity index (χ0) is 9.97. The van der Waals surface area contributed by atoms with E-state index in [0.717, 1.165) is 24.1 Å². The molecular formula is C11H14N2O. The summed E-state index contributed by atoms with van der Waals surface area (Å²) in [4.78, 5) is 4.35. The Morgan fingerprint density at radius 2 is 2.07 bits per heavy atom. The number of anilines is 1. The van der Waals surface area contributed by atoms with Crippen LogP contribution >= 0.6 is 0 Å². The third-order valence-electron chi connectivity index (χ3n) is 2.51. The summed E-state index contributed by atoms with van der Waals surface area (Å²) in [5.41, 5.74) is 7.45. The quantitative estimate of drug-likeness (QED) is 0.544. The fourth-order valence-electron chi connectivity index (χ4n) is 1.49. The molecule has 1 saturated carbocycles. The minimum atomic E-state index is -0.148. The van der Waals surface area contributed by atoms with Crippen molar-refractivity contribution in [2.45, 2.75) is 25.0 Å². The second-order valence-corrected chi connectivity index (χ2v) is 3.69. The predicted octanol–water partition coefficient (Wildman–Crippen LogP) is 1.21. The predicted molar refractivity (Wildman–Crippen MR) is 57.5 cm³/mol. The Hall–Kier alpha value is -1.35. The number of aliphatic imine (C=N–C) groups is 1. The van der Waals surface area contributed by atoms with Gasteiger partial charge in [0, 0.05) is 17.5 Å². The number of hydrogen-bond acceptors (Lipinski definition) is 3. The molecule has 1 aromatic rings. The molecule has 3 heteroatoms. The molecule has 0 amide bonds. The summed E-state index contributed by atoms with van der Waals surface area (Å²) in [5.74, 6) is 0. The number of nitrogens with zero attached hydrogens (tertiary/aromatic N) is 1. The van der Waals surface area contributed by atoms with E-state index in [4.69, 9.17) is 10.8 Å². The lowest BCUT2D eigenvalue weighted by molar-refractivity contribution is 0.0780. The van der Waals surface area contributed by atoms with E-state index in [2.05, 4.69) is 4.99 Å². The Labute approximate surface area is 83.3 Å². The van der Waals surface area contributed by atoms with Crippen molar-refractivity contribution in [1.82, 2.24) is 0 Å². The van der Waals surface area contributed by atoms with E-state index in [1.165, 1.54) is 0 Å². The average Bonchev–Trinajstić information content (AvgIpc) is 2.13. The molecular weight excluding hydrogens is 176 g/mol. The Morgan fingerprint density at radius 1 is 1.36 bits per heavy atom. The maximum atomic E-state index is 9.07. The van der Waals surface area contributed by atoms with Gasteiger partial charge in [0.2, 0.25) is 0 Å². The summed E-state index contributed by atoms with van der Waals surface area (Å²) in [5, 5.41) is 9.07. The molecule has 0 bridgehead atoms. The second-order valence-electron chi connectivity index (χ2n) is 3.69. The summed E-state index contributed by atoms with van der Waals surface area (Å²) in [6.45, 7) is 0. The van der Waals surface area contributed by atoms with Gasteiger partial charge in [-0.1, -0.05) is 18.2 Å². The minimum absolute atomic E-state index is 0.148. The first-order valence-corrected chi connectivity index (χ1v) is 4.81. The first kappa shape index (κ1) is 9.21. The van der Waals surface area contributed by atoms with Crippen molar-refractivity contribution >= 4 is 11.9 Å². The summed E-state index contributed by atoms with van der Waals surface area (Å²) in [7, 11) is 0. The summed E-state index contributed by atoms with van der Waals surface area (Å²) < 4.78 is 0. The molecule has 1 aliphatic carbocycles. The van der Waals surface area contributed by atoms with Crippen molar-refractivity contribution in [2.24, 2.45) is 4.99 Å². The zero-order valence-corrected chi connectivity index (χ0v) is 7.93. The number of para-hydroxylation sites is 1. The number of nitrogen functional groups attached to an aromatic ring is 1. The smallest absolute Gasteiger partial charge is 0.0581 e. The summed E-state index contributed by atoms with van der Waals surface area (Å²) >= 11 is 0. The Morgan fingerprint density at radius 3 is 2.71 bits per heavy atom. The van der Waals surface area contributed by atoms with Gasteiger partial charge in [-0.2, -0.15) is 0 Å². The van der Waals surface area contributed by atoms with Gasteiger partial charge in [0.1, 0.15) is 0 Å². The van der Waals surface area contributed by atoms with Gasteiger partial charge in [-0.05, 0) is 18.9 Å². The van der Waals surface area contributed by atoms with Crippen molar-refractivity contribution in [2.75, 3.05) is 5.73 Å². The van der Waals surface area contributed by atoms with Crippen LogP contribution in [0.3, 0.4) is 0 Å². The van der Waals surface area contributed by atoms with Gasteiger partial charge in [-0.25, -0.2) is 0 Å². The van der Waals surface area contributed by atoms with Crippen molar-refractivity contribution in [3.63, 3.8) is 0 Å². The van der Waals surface area contributed by atoms with Crippen LogP contribution in [0.1, 0.15) is 18.4 Å². The molecule has 3 nitrogen and oxygen atoms in total. The molecule has 1 aromatic carbocycles. The highest BCUT2D eigenvalue weighted by molar-refractivity contribution is 5.86. The maximum Gasteiger partial charge on any atom is 0.0581 e. The summed E-state index contributed by atoms with van der Waals surface area (Å²) in [6, 6.07) is 7.92. The topological polar surface area (TPSA) is 58.6 Å². The van der Waals surface area contributed by atoms with Crippen LogP contribution in [0, 0.1) is 0 Å². The fourth-order valence-corrected chi connectivity index (χ4v) is 1.49. The standard InChI is InChI=1S/C11H14N2O/c12-11-4-2-1-3-8(11)7-13-9-5-10(14)6-9/h1-4,7,9-10,14H,5-6,12H2. The fraction of sp³-hybridized carbons (Fsp3) is 0.364. The van der Waals surface area contributed by atoms with Crippen LogP contribution in [0.2, 0.25) is 0 Å². The first-order valence-electron chi connectivity index (χ1n) is 4.81. The molecule has 0 unspecified atom stereocenters. The Bertz CT molecular complexity index is 343. The van der Waals surface area contributed by atoms with Crippen LogP contribution in [0.5, 0.6) is 0 Å². The van der Waals surface area contributed by atoms with E-state index >= 15 is 0 Å². The number of hydrogen-bond donors (Lipinski definition) is 2. The normalized spacial score (nSPS) is 26.4. The number of aliphatic hydroxyl groups excluding tert-OH is 1. The summed E-state index contributed by atoms with van der Waals surface area (Å²) in [6.07, 6.45) is 3.21. The lowest BCUT2D eigenvalue weighted by Crippen LogP contribution is -2.31. The first-order chi connectivity index (χ1) is 6.75. The van der Waals surface area contributed by atoms with Crippen LogP contribution in [0.25, 0.3) is 0 Å². The van der Waals surface area contributed by atoms with Gasteiger partial charge >= 0.3 is 0 Å². The lowest BCUT2D eigenvalue weighted by Gasteiger charge is -2.27. The third-order valence-corrected chi connectivity index (χ3v) is 2.51. The largest absolute Gasteiger partial charge is 0.398 e.